The summed E-state index contributed by atoms with van der Waals surface area (Å²) >= 11 is 0. The Labute approximate surface area is 121 Å². The van der Waals surface area contributed by atoms with Crippen LogP contribution in [-0.2, 0) is 10.8 Å². The number of nitrogens with one attached hydrogen (secondary N) is 1. The minimum Gasteiger partial charge on any atom is -0.366 e. The molecule has 0 aliphatic heterocycles. The molecule has 1 aromatic heterocycles. The topological polar surface area (TPSA) is 65.8 Å². The van der Waals surface area contributed by atoms with Gasteiger partial charge in [0.15, 0.2) is 0 Å². The van der Waals surface area contributed by atoms with Gasteiger partial charge in [-0.1, -0.05) is 18.2 Å². The third-order valence-electron chi connectivity index (χ3n) is 3.07. The number of rotatable bonds is 5. The fraction of sp³-hybridized carbons (Fsp3) is 0.333. The van der Waals surface area contributed by atoms with E-state index in [9.17, 15) is 9.47 Å². The molecule has 1 aromatic carbocycles. The smallest absolute Gasteiger partial charge is 0.144 e. The van der Waals surface area contributed by atoms with Crippen molar-refractivity contribution in [3.8, 4) is 6.07 Å². The Morgan fingerprint density at radius 2 is 2.20 bits per heavy atom. The molecule has 4 nitrogen and oxygen atoms in total. The molecule has 0 radical (unpaired) electrons. The first kappa shape index (κ1) is 14.5. The predicted octanol–water partition coefficient (Wildman–Crippen LogP) is 2.68. The van der Waals surface area contributed by atoms with Gasteiger partial charge in [-0.25, -0.2) is 4.98 Å². The van der Waals surface area contributed by atoms with Gasteiger partial charge in [0, 0.05) is 34.2 Å². The van der Waals surface area contributed by atoms with Crippen LogP contribution in [0.4, 0.5) is 5.82 Å². The zero-order chi connectivity index (χ0) is 14.5. The van der Waals surface area contributed by atoms with Gasteiger partial charge in [0.1, 0.15) is 11.9 Å². The summed E-state index contributed by atoms with van der Waals surface area (Å²) in [5, 5.41) is 13.4. The van der Waals surface area contributed by atoms with E-state index in [1.807, 2.05) is 37.3 Å². The highest BCUT2D eigenvalue weighted by molar-refractivity contribution is 7.84. The number of pyridine rings is 1. The van der Waals surface area contributed by atoms with Crippen molar-refractivity contribution in [1.82, 2.24) is 4.98 Å². The summed E-state index contributed by atoms with van der Waals surface area (Å²) in [6.07, 6.45) is 2.48. The lowest BCUT2D eigenvalue weighted by Gasteiger charge is -2.15. The number of benzene rings is 1. The minimum absolute atomic E-state index is 0.125. The van der Waals surface area contributed by atoms with Gasteiger partial charge in [-0.3, -0.25) is 4.21 Å². The summed E-state index contributed by atoms with van der Waals surface area (Å²) in [5.74, 6) is 1.24. The molecule has 0 aliphatic carbocycles. The highest BCUT2D eigenvalue weighted by Gasteiger charge is 2.10. The van der Waals surface area contributed by atoms with Gasteiger partial charge in [-0.05, 0) is 25.5 Å². The van der Waals surface area contributed by atoms with E-state index in [1.54, 1.807) is 6.26 Å². The molecule has 0 amide bonds. The molecule has 5 heteroatoms. The van der Waals surface area contributed by atoms with E-state index in [0.717, 1.165) is 17.3 Å². The van der Waals surface area contributed by atoms with E-state index in [1.165, 1.54) is 0 Å². The standard InChI is InChI=1S/C15H17N3OS/c1-11(7-8-20(2)19)17-15-13(10-16)9-12-5-3-4-6-14(12)18-15/h3-6,9,11H,7-8H2,1-2H3,(H,17,18). The molecule has 2 atom stereocenters. The maximum Gasteiger partial charge on any atom is 0.144 e. The second-order valence-electron chi connectivity index (χ2n) is 4.80. The number of nitriles is 1. The van der Waals surface area contributed by atoms with Gasteiger partial charge in [0.05, 0.1) is 11.1 Å². The molecule has 2 unspecified atom stereocenters. The Balaban J connectivity index is 2.24. The Morgan fingerprint density at radius 1 is 1.45 bits per heavy atom. The first-order chi connectivity index (χ1) is 9.60. The third kappa shape index (κ3) is 3.55. The molecule has 0 aliphatic rings. The lowest BCUT2D eigenvalue weighted by molar-refractivity contribution is 0.678. The number of aromatic nitrogens is 1. The number of para-hydroxylation sites is 1. The quantitative estimate of drug-likeness (QED) is 0.918. The van der Waals surface area contributed by atoms with Crippen LogP contribution in [-0.4, -0.2) is 27.2 Å². The fourth-order valence-electron chi connectivity index (χ4n) is 1.96. The average Bonchev–Trinajstić information content (AvgIpc) is 2.44. The zero-order valence-electron chi connectivity index (χ0n) is 11.6. The molecular weight excluding hydrogens is 270 g/mol. The lowest BCUT2D eigenvalue weighted by Crippen LogP contribution is -2.19. The Hall–Kier alpha value is -1.93. The predicted molar refractivity (Wildman–Crippen MR) is 83.1 cm³/mol. The van der Waals surface area contributed by atoms with Gasteiger partial charge in [-0.2, -0.15) is 5.26 Å². The van der Waals surface area contributed by atoms with Crippen LogP contribution in [0.15, 0.2) is 30.3 Å². The third-order valence-corrected chi connectivity index (χ3v) is 3.88. The fourth-order valence-corrected chi connectivity index (χ4v) is 2.64. The monoisotopic (exact) mass is 287 g/mol. The molecule has 104 valence electrons. The van der Waals surface area contributed by atoms with E-state index in [4.69, 9.17) is 0 Å². The van der Waals surface area contributed by atoms with Crippen molar-refractivity contribution in [3.63, 3.8) is 0 Å². The van der Waals surface area contributed by atoms with Crippen LogP contribution in [0.3, 0.4) is 0 Å². The normalized spacial score (nSPS) is 13.7. The van der Waals surface area contributed by atoms with Crippen molar-refractivity contribution < 1.29 is 4.21 Å². The van der Waals surface area contributed by atoms with Crippen molar-refractivity contribution in [2.24, 2.45) is 0 Å². The molecular formula is C15H17N3OS. The van der Waals surface area contributed by atoms with Crippen LogP contribution in [0.1, 0.15) is 18.9 Å². The van der Waals surface area contributed by atoms with Crippen molar-refractivity contribution in [2.75, 3.05) is 17.3 Å². The van der Waals surface area contributed by atoms with Crippen LogP contribution in [0, 0.1) is 11.3 Å². The van der Waals surface area contributed by atoms with Crippen LogP contribution in [0.5, 0.6) is 0 Å². The van der Waals surface area contributed by atoms with Gasteiger partial charge in [-0.15, -0.1) is 0 Å². The summed E-state index contributed by atoms with van der Waals surface area (Å²) in [6.45, 7) is 2.00. The molecule has 2 rings (SSSR count). The van der Waals surface area contributed by atoms with Crippen molar-refractivity contribution in [3.05, 3.63) is 35.9 Å². The Kier molecular flexibility index (Phi) is 4.70. The number of hydrogen-bond acceptors (Lipinski definition) is 4. The van der Waals surface area contributed by atoms with E-state index < -0.39 is 10.8 Å². The summed E-state index contributed by atoms with van der Waals surface area (Å²) in [7, 11) is -0.799. The maximum atomic E-state index is 11.1. The summed E-state index contributed by atoms with van der Waals surface area (Å²) in [4.78, 5) is 4.50. The van der Waals surface area contributed by atoms with Crippen molar-refractivity contribution in [2.45, 2.75) is 19.4 Å². The number of nitrogens with zero attached hydrogens (tertiary/aromatic N) is 2. The summed E-state index contributed by atoms with van der Waals surface area (Å²) in [5.41, 5.74) is 1.40. The highest BCUT2D eigenvalue weighted by Crippen LogP contribution is 2.20. The number of fused-ring (bicyclic) bond motifs is 1. The van der Waals surface area contributed by atoms with Crippen molar-refractivity contribution >= 4 is 27.5 Å². The van der Waals surface area contributed by atoms with E-state index in [-0.39, 0.29) is 6.04 Å². The first-order valence-electron chi connectivity index (χ1n) is 6.46. The van der Waals surface area contributed by atoms with Gasteiger partial charge in [0.2, 0.25) is 0 Å². The van der Waals surface area contributed by atoms with E-state index >= 15 is 0 Å². The minimum atomic E-state index is -0.799. The SMILES string of the molecule is CC(CCS(C)=O)Nc1nc2ccccc2cc1C#N. The molecule has 2 aromatic rings. The lowest BCUT2D eigenvalue weighted by atomic mass is 10.1. The second-order valence-corrected chi connectivity index (χ2v) is 6.36. The maximum absolute atomic E-state index is 11.1. The molecule has 0 saturated carbocycles. The number of anilines is 1. The second kappa shape index (κ2) is 6.49. The molecule has 1 heterocycles. The van der Waals surface area contributed by atoms with E-state index in [0.29, 0.717) is 17.1 Å². The Morgan fingerprint density at radius 3 is 2.90 bits per heavy atom. The van der Waals surface area contributed by atoms with Gasteiger partial charge in [0.25, 0.3) is 0 Å². The van der Waals surface area contributed by atoms with Crippen LogP contribution in [0.25, 0.3) is 10.9 Å². The van der Waals surface area contributed by atoms with Gasteiger partial charge < -0.3 is 5.32 Å². The Bertz CT molecular complexity index is 678. The molecule has 20 heavy (non-hydrogen) atoms. The van der Waals surface area contributed by atoms with Crippen LogP contribution < -0.4 is 5.32 Å². The van der Waals surface area contributed by atoms with Gasteiger partial charge >= 0.3 is 0 Å². The zero-order valence-corrected chi connectivity index (χ0v) is 12.4. The molecule has 0 fully saturated rings. The molecule has 1 N–H and O–H groups in total. The summed E-state index contributed by atoms with van der Waals surface area (Å²) in [6, 6.07) is 11.9. The number of hydrogen-bond donors (Lipinski definition) is 1. The molecule has 0 bridgehead atoms. The van der Waals surface area contributed by atoms with Crippen LogP contribution >= 0.6 is 0 Å². The largest absolute Gasteiger partial charge is 0.366 e. The molecule has 0 saturated heterocycles. The van der Waals surface area contributed by atoms with Crippen molar-refractivity contribution in [1.29, 1.82) is 5.26 Å². The first-order valence-corrected chi connectivity index (χ1v) is 8.19. The van der Waals surface area contributed by atoms with Crippen LogP contribution in [0.2, 0.25) is 0 Å². The average molecular weight is 287 g/mol. The summed E-state index contributed by atoms with van der Waals surface area (Å²) < 4.78 is 11.1. The molecule has 0 spiro atoms. The van der Waals surface area contributed by atoms with E-state index in [2.05, 4.69) is 16.4 Å². The highest BCUT2D eigenvalue weighted by atomic mass is 32.2.